The van der Waals surface area contributed by atoms with E-state index in [-0.39, 0.29) is 34.4 Å². The molecule has 3 nitrogen and oxygen atoms in total. The summed E-state index contributed by atoms with van der Waals surface area (Å²) < 4.78 is 36.3. The van der Waals surface area contributed by atoms with Crippen LogP contribution in [0.2, 0.25) is 0 Å². The molecule has 1 aromatic heterocycles. The summed E-state index contributed by atoms with van der Waals surface area (Å²) in [6.07, 6.45) is 0.571. The van der Waals surface area contributed by atoms with E-state index in [0.717, 1.165) is 134 Å². The van der Waals surface area contributed by atoms with Gasteiger partial charge in [0.25, 0.3) is 0 Å². The Balaban J connectivity index is 1.02. The van der Waals surface area contributed by atoms with E-state index in [0.29, 0.717) is 23.3 Å². The van der Waals surface area contributed by atoms with Crippen molar-refractivity contribution in [1.82, 2.24) is 4.57 Å². The molecule has 1 aliphatic carbocycles. The topological polar surface area (TPSA) is 11.4 Å². The summed E-state index contributed by atoms with van der Waals surface area (Å²) in [6, 6.07) is 112. The van der Waals surface area contributed by atoms with Gasteiger partial charge in [-0.2, -0.15) is 0 Å². The van der Waals surface area contributed by atoms with Gasteiger partial charge in [0, 0.05) is 67.0 Å². The van der Waals surface area contributed by atoms with Crippen LogP contribution in [0.4, 0.5) is 28.4 Å². The van der Waals surface area contributed by atoms with E-state index in [1.807, 2.05) is 0 Å². The van der Waals surface area contributed by atoms with Gasteiger partial charge in [-0.15, -0.1) is 0 Å². The minimum absolute atomic E-state index is 0.00569. The summed E-state index contributed by atoms with van der Waals surface area (Å²) in [6.45, 7) is 20.2. The molecule has 0 spiro atoms. The van der Waals surface area contributed by atoms with Crippen LogP contribution in [-0.4, -0.2) is 11.3 Å². The Morgan fingerprint density at radius 2 is 0.752 bits per heavy atom. The van der Waals surface area contributed by atoms with E-state index >= 15 is 0 Å². The van der Waals surface area contributed by atoms with Gasteiger partial charge in [-0.25, -0.2) is 0 Å². The number of fused-ring (bicyclic) bond motifs is 10. The molecule has 504 valence electrons. The fraction of sp³-hybridized carbons (Fsp3) is 0.129. The van der Waals surface area contributed by atoms with Crippen LogP contribution < -0.4 is 20.7 Å². The average Bonchev–Trinajstić information content (AvgIpc) is 0.998. The molecule has 4 heteroatoms. The molecule has 0 saturated heterocycles. The van der Waals surface area contributed by atoms with Gasteiger partial charge < -0.3 is 14.4 Å². The van der Waals surface area contributed by atoms with Gasteiger partial charge in [-0.3, -0.25) is 0 Å². The summed E-state index contributed by atoms with van der Waals surface area (Å²) in [4.78, 5) is 5.09. The van der Waals surface area contributed by atoms with Crippen LogP contribution in [0.25, 0.3) is 121 Å². The second-order valence-electron chi connectivity index (χ2n) is 32.1. The zero-order valence-corrected chi connectivity index (χ0v) is 61.0. The van der Waals surface area contributed by atoms with E-state index in [1.54, 1.807) is 0 Å². The largest absolute Gasteiger partial charge is 0.310 e. The highest BCUT2D eigenvalue weighted by molar-refractivity contribution is 6.96. The maximum Gasteiger partial charge on any atom is 0.247 e. The number of para-hydroxylation sites is 2. The van der Waals surface area contributed by atoms with Gasteiger partial charge in [0.2, 0.25) is 6.71 Å². The summed E-state index contributed by atoms with van der Waals surface area (Å²) in [5.41, 5.74) is 28.3. The molecule has 0 amide bonds. The van der Waals surface area contributed by atoms with Crippen molar-refractivity contribution in [3.05, 3.63) is 355 Å². The molecule has 3 aliphatic rings. The minimum atomic E-state index is -0.620. The van der Waals surface area contributed by atoms with Gasteiger partial charge >= 0.3 is 0 Å². The molecule has 2 aliphatic heterocycles. The number of rotatable bonds is 9. The fourth-order valence-electron chi connectivity index (χ4n) is 17.2. The van der Waals surface area contributed by atoms with Crippen LogP contribution >= 0.6 is 0 Å². The second kappa shape index (κ2) is 24.3. The Labute approximate surface area is 622 Å². The van der Waals surface area contributed by atoms with Crippen molar-refractivity contribution in [1.29, 1.82) is 0 Å². The Hall–Kier alpha value is -12.0. The first-order valence-electron chi connectivity index (χ1n) is 38.6. The molecule has 0 radical (unpaired) electrons. The Morgan fingerprint density at radius 3 is 1.23 bits per heavy atom. The van der Waals surface area contributed by atoms with Gasteiger partial charge in [-0.05, 0) is 189 Å². The molecule has 0 atom stereocenters. The Bertz CT molecular complexity index is 6190. The van der Waals surface area contributed by atoms with Crippen LogP contribution in [0.15, 0.2) is 327 Å². The van der Waals surface area contributed by atoms with Gasteiger partial charge in [0.1, 0.15) is 0 Å². The Morgan fingerprint density at radius 1 is 0.333 bits per heavy atom. The number of nitrogens with zero attached hydrogens (tertiary/aromatic N) is 3. The SMILES string of the molecule is [2H]c1c([2H])c(-n2c3ccccc3c3ccccc32)c([2H])c2c1B1C3=C(c4ccc(C(C)(C)C)cc4C3)N(c3c(-c4ccccc4)cc(C(C)(C)C)cc3-c3ccccc3)c3cc(-c4ccc(-c5c6ccccc6cc6ccccc56)cc4)cc(c31)N2c1c(-c2ccccc2)cc(C(C)(C)C)cc1-c1ccccc1. The smallest absolute Gasteiger partial charge is 0.247 e. The zero-order chi connectivity index (χ0) is 73.8. The Kier molecular flexibility index (Phi) is 14.0. The third kappa shape index (κ3) is 10.5. The van der Waals surface area contributed by atoms with Crippen LogP contribution in [-0.2, 0) is 22.7 Å². The molecule has 19 rings (SSSR count). The van der Waals surface area contributed by atoms with Crippen molar-refractivity contribution in [2.24, 2.45) is 0 Å². The highest BCUT2D eigenvalue weighted by atomic mass is 15.2. The second-order valence-corrected chi connectivity index (χ2v) is 32.1. The lowest BCUT2D eigenvalue weighted by Gasteiger charge is -2.46. The van der Waals surface area contributed by atoms with Crippen LogP contribution in [0.3, 0.4) is 0 Å². The molecule has 0 saturated carbocycles. The van der Waals surface area contributed by atoms with Crippen molar-refractivity contribution in [3.8, 4) is 72.4 Å². The lowest BCUT2D eigenvalue weighted by molar-refractivity contribution is 0.589. The molecular formula is C101H82BN3. The summed E-state index contributed by atoms with van der Waals surface area (Å²) in [5, 5.41) is 6.82. The van der Waals surface area contributed by atoms with Gasteiger partial charge in [-0.1, -0.05) is 323 Å². The first-order chi connectivity index (χ1) is 52.3. The zero-order valence-electron chi connectivity index (χ0n) is 64.0. The predicted octanol–water partition coefficient (Wildman–Crippen LogP) is 26.0. The lowest BCUT2D eigenvalue weighted by Crippen LogP contribution is -2.55. The summed E-state index contributed by atoms with van der Waals surface area (Å²) in [7, 11) is 0. The molecule has 3 heterocycles. The number of benzene rings is 15. The van der Waals surface area contributed by atoms with E-state index in [2.05, 4.69) is 380 Å². The van der Waals surface area contributed by atoms with E-state index in [9.17, 15) is 4.11 Å². The summed E-state index contributed by atoms with van der Waals surface area (Å²) >= 11 is 0. The molecule has 0 fully saturated rings. The number of allylic oxidation sites excluding steroid dienone is 1. The van der Waals surface area contributed by atoms with Crippen LogP contribution in [0.1, 0.15) is 94.2 Å². The van der Waals surface area contributed by atoms with Crippen molar-refractivity contribution in [3.63, 3.8) is 0 Å². The molecule has 0 N–H and O–H groups in total. The summed E-state index contributed by atoms with van der Waals surface area (Å²) in [5.74, 6) is 0. The highest BCUT2D eigenvalue weighted by Crippen LogP contribution is 2.58. The maximum absolute atomic E-state index is 11.8. The maximum atomic E-state index is 11.8. The lowest BCUT2D eigenvalue weighted by atomic mass is 9.32. The van der Waals surface area contributed by atoms with Crippen LogP contribution in [0.5, 0.6) is 0 Å². The van der Waals surface area contributed by atoms with E-state index in [4.69, 9.17) is 0 Å². The van der Waals surface area contributed by atoms with Gasteiger partial charge in [0.15, 0.2) is 0 Å². The first-order valence-corrected chi connectivity index (χ1v) is 37.1. The third-order valence-corrected chi connectivity index (χ3v) is 22.5. The molecule has 0 bridgehead atoms. The third-order valence-electron chi connectivity index (χ3n) is 22.5. The van der Waals surface area contributed by atoms with Crippen LogP contribution in [0, 0.1) is 0 Å². The monoisotopic (exact) mass is 1350 g/mol. The standard InChI is InChI=1S/C101H82BN3/c1-99(2,3)74-50-52-80-73(55-74)56-88-98(80)105(97-85(67-34-18-12-19-35-67)61-76(101(7,8)9)62-86(97)68-36-20-13-21-37-68)93-58-72(64-46-48-69(49-47-64)94-78-40-24-22-38-70(78)54-71-39-23-25-41-79(71)94)57-92-95(93)102(88)87-53-51-77(103-89-44-28-26-42-81(89)82-43-27-29-45-90(82)103)63-91(87)104(92)96-83(65-30-14-10-15-31-65)59-75(100(4,5)6)60-84(96)66-32-16-11-17-33-66/h10-55,57-63H,56H2,1-9H3/i51D,53D,63D. The van der Waals surface area contributed by atoms with Crippen molar-refractivity contribution < 1.29 is 4.11 Å². The molecule has 16 aromatic rings. The number of hydrogen-bond donors (Lipinski definition) is 0. The van der Waals surface area contributed by atoms with E-state index in [1.165, 1.54) is 43.8 Å². The van der Waals surface area contributed by atoms with Crippen molar-refractivity contribution >= 4 is 95.1 Å². The predicted molar refractivity (Wildman–Crippen MR) is 450 cm³/mol. The first kappa shape index (κ1) is 60.6. The molecule has 105 heavy (non-hydrogen) atoms. The quantitative estimate of drug-likeness (QED) is 0.105. The number of hydrogen-bond acceptors (Lipinski definition) is 2. The van der Waals surface area contributed by atoms with Gasteiger partial charge in [0.05, 0.1) is 26.5 Å². The van der Waals surface area contributed by atoms with Crippen molar-refractivity contribution in [2.45, 2.75) is 85.0 Å². The highest BCUT2D eigenvalue weighted by Gasteiger charge is 2.49. The molecule has 0 unspecified atom stereocenters. The number of aromatic nitrogens is 1. The van der Waals surface area contributed by atoms with Crippen molar-refractivity contribution in [2.75, 3.05) is 9.80 Å². The normalized spacial score (nSPS) is 13.8. The molecular weight excluding hydrogens is 1270 g/mol. The van der Waals surface area contributed by atoms with E-state index < -0.39 is 6.71 Å². The number of anilines is 5. The molecule has 15 aromatic carbocycles. The minimum Gasteiger partial charge on any atom is -0.310 e. The fourth-order valence-corrected chi connectivity index (χ4v) is 17.2. The average molecular weight is 1350 g/mol.